The van der Waals surface area contributed by atoms with Gasteiger partial charge in [-0.25, -0.2) is 0 Å². The highest BCUT2D eigenvalue weighted by Gasteiger charge is 2.33. The van der Waals surface area contributed by atoms with Crippen molar-refractivity contribution in [2.24, 2.45) is 5.92 Å². The van der Waals surface area contributed by atoms with Gasteiger partial charge in [0.2, 0.25) is 5.89 Å². The predicted molar refractivity (Wildman–Crippen MR) is 82.2 cm³/mol. The second-order valence-corrected chi connectivity index (χ2v) is 7.23. The summed E-state index contributed by atoms with van der Waals surface area (Å²) in [6.45, 7) is 2.30. The molecule has 1 saturated heterocycles. The van der Waals surface area contributed by atoms with Gasteiger partial charge in [0.25, 0.3) is 0 Å². The molecule has 2 atom stereocenters. The van der Waals surface area contributed by atoms with Gasteiger partial charge < -0.3 is 9.84 Å². The molecule has 0 aromatic carbocycles. The smallest absolute Gasteiger partial charge is 0.232 e. The number of hydrogen-bond acceptors (Lipinski definition) is 5. The Balaban J connectivity index is 1.65. The van der Waals surface area contributed by atoms with Crippen LogP contribution in [0.5, 0.6) is 0 Å². The Hall–Kier alpha value is -0.550. The van der Waals surface area contributed by atoms with Gasteiger partial charge >= 0.3 is 0 Å². The van der Waals surface area contributed by atoms with E-state index in [1.807, 2.05) is 18.8 Å². The lowest BCUT2D eigenvalue weighted by Gasteiger charge is -2.25. The highest BCUT2D eigenvalue weighted by atomic mass is 32.2. The van der Waals surface area contributed by atoms with Crippen LogP contribution in [0.3, 0.4) is 0 Å². The fourth-order valence-electron chi connectivity index (χ4n) is 3.47. The Morgan fingerprint density at radius 1 is 1.25 bits per heavy atom. The maximum absolute atomic E-state index is 5.57. The first kappa shape index (κ1) is 14.4. The number of likely N-dealkylation sites (N-methyl/N-ethyl adjacent to an activating group) is 1. The molecule has 4 nitrogen and oxygen atoms in total. The van der Waals surface area contributed by atoms with Gasteiger partial charge in [-0.1, -0.05) is 18.5 Å². The average Bonchev–Trinajstić information content (AvgIpc) is 3.15. The van der Waals surface area contributed by atoms with Crippen molar-refractivity contribution >= 4 is 11.8 Å². The second-order valence-electron chi connectivity index (χ2n) is 6.16. The van der Waals surface area contributed by atoms with Crippen LogP contribution in [0.2, 0.25) is 0 Å². The lowest BCUT2D eigenvalue weighted by Crippen LogP contribution is -2.31. The van der Waals surface area contributed by atoms with Gasteiger partial charge in [-0.15, -0.1) is 0 Å². The molecule has 0 amide bonds. The molecule has 1 saturated carbocycles. The Bertz CT molecular complexity index is 429. The molecule has 1 aromatic rings. The van der Waals surface area contributed by atoms with E-state index in [1.165, 1.54) is 32.1 Å². The molecule has 3 rings (SSSR count). The van der Waals surface area contributed by atoms with Crippen LogP contribution >= 0.6 is 11.8 Å². The van der Waals surface area contributed by atoms with Crippen LogP contribution in [0.25, 0.3) is 0 Å². The van der Waals surface area contributed by atoms with Crippen molar-refractivity contribution < 1.29 is 4.52 Å². The number of hydrogen-bond donors (Lipinski definition) is 1. The second kappa shape index (κ2) is 6.48. The molecule has 1 aliphatic heterocycles. The van der Waals surface area contributed by atoms with Crippen LogP contribution in [-0.2, 0) is 0 Å². The molecule has 0 bridgehead atoms. The summed E-state index contributed by atoms with van der Waals surface area (Å²) in [4.78, 5) is 4.73. The summed E-state index contributed by atoms with van der Waals surface area (Å²) in [6.07, 6.45) is 6.42. The van der Waals surface area contributed by atoms with Crippen molar-refractivity contribution in [3.05, 3.63) is 11.7 Å². The third kappa shape index (κ3) is 2.89. The molecule has 1 aliphatic carbocycles. The van der Waals surface area contributed by atoms with Crippen molar-refractivity contribution in [3.8, 4) is 0 Å². The number of rotatable bonds is 4. The third-order valence-corrected chi connectivity index (χ3v) is 6.20. The molecule has 2 heterocycles. The monoisotopic (exact) mass is 295 g/mol. The zero-order valence-corrected chi connectivity index (χ0v) is 13.3. The Morgan fingerprint density at radius 2 is 2.05 bits per heavy atom. The molecule has 2 fully saturated rings. The van der Waals surface area contributed by atoms with Crippen molar-refractivity contribution in [1.29, 1.82) is 0 Å². The molecule has 2 unspecified atom stereocenters. The summed E-state index contributed by atoms with van der Waals surface area (Å²) in [6, 6.07) is 0.476. The van der Waals surface area contributed by atoms with Gasteiger partial charge in [0.15, 0.2) is 5.82 Å². The summed E-state index contributed by atoms with van der Waals surface area (Å²) in [7, 11) is 2.02. The minimum absolute atomic E-state index is 0.387. The number of thioether (sulfide) groups is 1. The van der Waals surface area contributed by atoms with Crippen LogP contribution in [0, 0.1) is 5.92 Å². The van der Waals surface area contributed by atoms with E-state index >= 15 is 0 Å². The van der Waals surface area contributed by atoms with Gasteiger partial charge in [-0.3, -0.25) is 0 Å². The maximum atomic E-state index is 5.57. The molecule has 20 heavy (non-hydrogen) atoms. The summed E-state index contributed by atoms with van der Waals surface area (Å²) in [5.41, 5.74) is 0. The van der Waals surface area contributed by atoms with Crippen LogP contribution in [0.1, 0.15) is 62.6 Å². The summed E-state index contributed by atoms with van der Waals surface area (Å²) in [5.74, 6) is 5.87. The van der Waals surface area contributed by atoms with Crippen LogP contribution in [-0.4, -0.2) is 34.7 Å². The van der Waals surface area contributed by atoms with E-state index in [-0.39, 0.29) is 0 Å². The Labute approximate surface area is 125 Å². The highest BCUT2D eigenvalue weighted by Crippen LogP contribution is 2.37. The van der Waals surface area contributed by atoms with Crippen molar-refractivity contribution in [2.75, 3.05) is 18.6 Å². The van der Waals surface area contributed by atoms with E-state index in [2.05, 4.69) is 17.4 Å². The molecular formula is C15H25N3OS. The van der Waals surface area contributed by atoms with E-state index in [0.717, 1.165) is 29.1 Å². The molecule has 0 radical (unpaired) electrons. The molecule has 2 aliphatic rings. The third-order valence-electron chi connectivity index (χ3n) is 5.02. The first-order chi connectivity index (χ1) is 9.81. The first-order valence-corrected chi connectivity index (χ1v) is 9.05. The quantitative estimate of drug-likeness (QED) is 0.924. The largest absolute Gasteiger partial charge is 0.339 e. The van der Waals surface area contributed by atoms with Crippen LogP contribution in [0.4, 0.5) is 0 Å². The van der Waals surface area contributed by atoms with E-state index < -0.39 is 0 Å². The minimum atomic E-state index is 0.387. The number of nitrogens with one attached hydrogen (secondary N) is 1. The van der Waals surface area contributed by atoms with Crippen LogP contribution in [0.15, 0.2) is 4.52 Å². The number of nitrogens with zero attached hydrogens (tertiary/aromatic N) is 2. The first-order valence-electron chi connectivity index (χ1n) is 7.90. The van der Waals surface area contributed by atoms with Crippen LogP contribution < -0.4 is 5.32 Å². The van der Waals surface area contributed by atoms with Gasteiger partial charge in [0.1, 0.15) is 0 Å². The summed E-state index contributed by atoms with van der Waals surface area (Å²) >= 11 is 1.97. The predicted octanol–water partition coefficient (Wildman–Crippen LogP) is 3.17. The standard InChI is InChI=1S/C15H25N3OS/c1-3-10-4-6-11(7-5-10)14-17-15(19-18-14)12-8-20-9-13(12)16-2/h10-13,16H,3-9H2,1-2H3. The van der Waals surface area contributed by atoms with Gasteiger partial charge in [-0.2, -0.15) is 16.7 Å². The number of aromatic nitrogens is 2. The zero-order valence-electron chi connectivity index (χ0n) is 12.5. The summed E-state index contributed by atoms with van der Waals surface area (Å²) < 4.78 is 5.57. The minimum Gasteiger partial charge on any atom is -0.339 e. The Kier molecular flexibility index (Phi) is 4.66. The molecule has 5 heteroatoms. The topological polar surface area (TPSA) is 51.0 Å². The molecule has 1 aromatic heterocycles. The lowest BCUT2D eigenvalue weighted by molar-refractivity contribution is 0.300. The van der Waals surface area contributed by atoms with E-state index in [1.54, 1.807) is 0 Å². The molecule has 1 N–H and O–H groups in total. The SMILES string of the molecule is CCC1CCC(c2noc(C3CSCC3NC)n2)CC1. The van der Waals surface area contributed by atoms with E-state index in [9.17, 15) is 0 Å². The molecule has 0 spiro atoms. The highest BCUT2D eigenvalue weighted by molar-refractivity contribution is 7.99. The fraction of sp³-hybridized carbons (Fsp3) is 0.867. The van der Waals surface area contributed by atoms with Crippen molar-refractivity contribution in [2.45, 2.75) is 56.9 Å². The van der Waals surface area contributed by atoms with E-state index in [4.69, 9.17) is 9.51 Å². The lowest BCUT2D eigenvalue weighted by atomic mass is 9.80. The average molecular weight is 295 g/mol. The maximum Gasteiger partial charge on any atom is 0.232 e. The Morgan fingerprint density at radius 3 is 2.75 bits per heavy atom. The zero-order chi connectivity index (χ0) is 13.9. The van der Waals surface area contributed by atoms with Gasteiger partial charge in [0.05, 0.1) is 5.92 Å². The van der Waals surface area contributed by atoms with Gasteiger partial charge in [-0.05, 0) is 38.6 Å². The normalized spacial score (nSPS) is 34.5. The molecular weight excluding hydrogens is 270 g/mol. The molecule has 112 valence electrons. The fourth-order valence-corrected chi connectivity index (χ4v) is 4.89. The van der Waals surface area contributed by atoms with Crippen molar-refractivity contribution in [1.82, 2.24) is 15.5 Å². The van der Waals surface area contributed by atoms with Crippen molar-refractivity contribution in [3.63, 3.8) is 0 Å². The van der Waals surface area contributed by atoms with E-state index in [0.29, 0.717) is 17.9 Å². The summed E-state index contributed by atoms with van der Waals surface area (Å²) in [5, 5.41) is 7.65. The van der Waals surface area contributed by atoms with Gasteiger partial charge in [0, 0.05) is 23.5 Å².